The average molecular weight is 164 g/mol. The standard InChI is InChI=1S/C12H20/c1-3-8-6-11(8)10-5-4-9-7(2)12(9)10/h7-12H,3-6H2,1-2H3. The van der Waals surface area contributed by atoms with Crippen LogP contribution in [0.4, 0.5) is 0 Å². The molecule has 68 valence electrons. The zero-order valence-corrected chi connectivity index (χ0v) is 8.29. The van der Waals surface area contributed by atoms with Gasteiger partial charge in [-0.3, -0.25) is 0 Å². The molecular formula is C12H20. The maximum Gasteiger partial charge on any atom is -0.0323 e. The zero-order valence-electron chi connectivity index (χ0n) is 8.29. The molecule has 0 spiro atoms. The molecule has 0 aromatic rings. The second-order valence-corrected chi connectivity index (χ2v) is 5.41. The van der Waals surface area contributed by atoms with Crippen LogP contribution in [0.3, 0.4) is 0 Å². The molecular weight excluding hydrogens is 144 g/mol. The molecule has 3 fully saturated rings. The Bertz CT molecular complexity index is 196. The lowest BCUT2D eigenvalue weighted by Crippen LogP contribution is -2.05. The Hall–Kier alpha value is 0. The SMILES string of the molecule is CCC1CC1C1CCC2C(C)C21. The Morgan fingerprint density at radius 2 is 1.83 bits per heavy atom. The van der Waals surface area contributed by atoms with Gasteiger partial charge in [0.15, 0.2) is 0 Å². The third-order valence-electron chi connectivity index (χ3n) is 5.02. The van der Waals surface area contributed by atoms with E-state index >= 15 is 0 Å². The fourth-order valence-corrected chi connectivity index (χ4v) is 4.08. The van der Waals surface area contributed by atoms with Gasteiger partial charge in [0.2, 0.25) is 0 Å². The van der Waals surface area contributed by atoms with Gasteiger partial charge < -0.3 is 0 Å². The Kier molecular flexibility index (Phi) is 1.40. The first kappa shape index (κ1) is 7.41. The lowest BCUT2D eigenvalue weighted by molar-refractivity contribution is 0.372. The summed E-state index contributed by atoms with van der Waals surface area (Å²) < 4.78 is 0. The summed E-state index contributed by atoms with van der Waals surface area (Å²) in [4.78, 5) is 0. The van der Waals surface area contributed by atoms with Crippen molar-refractivity contribution < 1.29 is 0 Å². The van der Waals surface area contributed by atoms with E-state index < -0.39 is 0 Å². The van der Waals surface area contributed by atoms with E-state index in [1.165, 1.54) is 30.1 Å². The second kappa shape index (κ2) is 2.27. The first-order valence-electron chi connectivity index (χ1n) is 5.83. The maximum absolute atomic E-state index is 2.48. The van der Waals surface area contributed by atoms with Crippen LogP contribution in [-0.2, 0) is 0 Å². The van der Waals surface area contributed by atoms with Crippen molar-refractivity contribution in [2.45, 2.75) is 39.5 Å². The summed E-state index contributed by atoms with van der Waals surface area (Å²) in [6, 6.07) is 0. The van der Waals surface area contributed by atoms with Crippen LogP contribution in [0.5, 0.6) is 0 Å². The summed E-state index contributed by atoms with van der Waals surface area (Å²) in [6.45, 7) is 4.85. The van der Waals surface area contributed by atoms with Gasteiger partial charge in [0, 0.05) is 0 Å². The predicted octanol–water partition coefficient (Wildman–Crippen LogP) is 3.32. The molecule has 0 heterocycles. The zero-order chi connectivity index (χ0) is 8.29. The molecule has 0 heteroatoms. The third kappa shape index (κ3) is 0.843. The van der Waals surface area contributed by atoms with E-state index in [1.54, 1.807) is 19.3 Å². The molecule has 0 aromatic heterocycles. The highest BCUT2D eigenvalue weighted by atomic mass is 14.6. The fourth-order valence-electron chi connectivity index (χ4n) is 4.08. The van der Waals surface area contributed by atoms with Gasteiger partial charge >= 0.3 is 0 Å². The van der Waals surface area contributed by atoms with Gasteiger partial charge in [-0.1, -0.05) is 20.3 Å². The topological polar surface area (TPSA) is 0 Å². The fraction of sp³-hybridized carbons (Fsp3) is 1.00. The molecule has 0 saturated heterocycles. The van der Waals surface area contributed by atoms with Gasteiger partial charge in [0.25, 0.3) is 0 Å². The van der Waals surface area contributed by atoms with Crippen LogP contribution >= 0.6 is 0 Å². The molecule has 3 saturated carbocycles. The molecule has 0 radical (unpaired) electrons. The molecule has 0 bridgehead atoms. The van der Waals surface area contributed by atoms with Crippen LogP contribution in [0.1, 0.15) is 39.5 Å². The summed E-state index contributed by atoms with van der Waals surface area (Å²) >= 11 is 0. The van der Waals surface area contributed by atoms with E-state index in [4.69, 9.17) is 0 Å². The van der Waals surface area contributed by atoms with Crippen LogP contribution in [0.2, 0.25) is 0 Å². The molecule has 0 aliphatic heterocycles. The highest BCUT2D eigenvalue weighted by Gasteiger charge is 2.60. The normalized spacial score (nSPS) is 61.5. The summed E-state index contributed by atoms with van der Waals surface area (Å²) in [6.07, 6.45) is 6.19. The van der Waals surface area contributed by atoms with Gasteiger partial charge in [-0.2, -0.15) is 0 Å². The van der Waals surface area contributed by atoms with E-state index in [1.807, 2.05) is 0 Å². The van der Waals surface area contributed by atoms with Gasteiger partial charge in [-0.05, 0) is 54.8 Å². The van der Waals surface area contributed by atoms with E-state index in [-0.39, 0.29) is 0 Å². The highest BCUT2D eigenvalue weighted by Crippen LogP contribution is 2.66. The van der Waals surface area contributed by atoms with Gasteiger partial charge in [-0.25, -0.2) is 0 Å². The average Bonchev–Trinajstić information content (AvgIpc) is 2.93. The summed E-state index contributed by atoms with van der Waals surface area (Å²) in [5.41, 5.74) is 0. The highest BCUT2D eigenvalue weighted by molar-refractivity contribution is 5.08. The van der Waals surface area contributed by atoms with Crippen LogP contribution in [-0.4, -0.2) is 0 Å². The molecule has 6 unspecified atom stereocenters. The number of hydrogen-bond acceptors (Lipinski definition) is 0. The van der Waals surface area contributed by atoms with Crippen molar-refractivity contribution in [3.8, 4) is 0 Å². The monoisotopic (exact) mass is 164 g/mol. The number of fused-ring (bicyclic) bond motifs is 1. The number of hydrogen-bond donors (Lipinski definition) is 0. The summed E-state index contributed by atoms with van der Waals surface area (Å²) in [7, 11) is 0. The van der Waals surface area contributed by atoms with Crippen molar-refractivity contribution in [1.29, 1.82) is 0 Å². The van der Waals surface area contributed by atoms with Gasteiger partial charge in [0.05, 0.1) is 0 Å². The summed E-state index contributed by atoms with van der Waals surface area (Å²) in [5.74, 6) is 6.97. The van der Waals surface area contributed by atoms with Crippen molar-refractivity contribution in [2.75, 3.05) is 0 Å². The van der Waals surface area contributed by atoms with Gasteiger partial charge in [0.1, 0.15) is 0 Å². The van der Waals surface area contributed by atoms with Gasteiger partial charge in [-0.15, -0.1) is 0 Å². The van der Waals surface area contributed by atoms with E-state index in [0.717, 1.165) is 11.8 Å². The molecule has 0 N–H and O–H groups in total. The third-order valence-corrected chi connectivity index (χ3v) is 5.02. The van der Waals surface area contributed by atoms with E-state index in [0.29, 0.717) is 0 Å². The van der Waals surface area contributed by atoms with Crippen LogP contribution in [0.15, 0.2) is 0 Å². The van der Waals surface area contributed by atoms with Crippen molar-refractivity contribution in [3.05, 3.63) is 0 Å². The second-order valence-electron chi connectivity index (χ2n) is 5.41. The molecule has 12 heavy (non-hydrogen) atoms. The quantitative estimate of drug-likeness (QED) is 0.587. The molecule has 0 nitrogen and oxygen atoms in total. The van der Waals surface area contributed by atoms with Crippen molar-refractivity contribution in [2.24, 2.45) is 35.5 Å². The minimum absolute atomic E-state index is 1.11. The van der Waals surface area contributed by atoms with Crippen molar-refractivity contribution in [1.82, 2.24) is 0 Å². The molecule has 0 amide bonds. The van der Waals surface area contributed by atoms with Crippen molar-refractivity contribution >= 4 is 0 Å². The summed E-state index contributed by atoms with van der Waals surface area (Å²) in [5, 5.41) is 0. The Labute approximate surface area is 75.7 Å². The molecule has 3 aliphatic carbocycles. The maximum atomic E-state index is 2.48. The van der Waals surface area contributed by atoms with Crippen LogP contribution < -0.4 is 0 Å². The molecule has 3 rings (SSSR count). The minimum Gasteiger partial charge on any atom is -0.0651 e. The molecule has 3 aliphatic rings. The predicted molar refractivity (Wildman–Crippen MR) is 50.8 cm³/mol. The first-order valence-corrected chi connectivity index (χ1v) is 5.83. The first-order chi connectivity index (χ1) is 5.83. The minimum atomic E-state index is 1.11. The van der Waals surface area contributed by atoms with Crippen LogP contribution in [0.25, 0.3) is 0 Å². The smallest absolute Gasteiger partial charge is 0.0323 e. The number of rotatable bonds is 2. The van der Waals surface area contributed by atoms with E-state index in [9.17, 15) is 0 Å². The Balaban J connectivity index is 1.64. The molecule has 6 atom stereocenters. The van der Waals surface area contributed by atoms with E-state index in [2.05, 4.69) is 13.8 Å². The Morgan fingerprint density at radius 1 is 1.08 bits per heavy atom. The molecule has 0 aromatic carbocycles. The Morgan fingerprint density at radius 3 is 2.33 bits per heavy atom. The largest absolute Gasteiger partial charge is 0.0651 e. The lowest BCUT2D eigenvalue weighted by atomic mass is 9.93. The van der Waals surface area contributed by atoms with Crippen LogP contribution in [0, 0.1) is 35.5 Å². The van der Waals surface area contributed by atoms with Crippen molar-refractivity contribution in [3.63, 3.8) is 0 Å². The lowest BCUT2D eigenvalue weighted by Gasteiger charge is -2.11.